The number of hydrogen-bond acceptors (Lipinski definition) is 4. The molecule has 1 aromatic rings. The van der Waals surface area contributed by atoms with Gasteiger partial charge in [-0.25, -0.2) is 13.2 Å². The molecule has 0 spiro atoms. The average Bonchev–Trinajstić information content (AvgIpc) is 2.43. The zero-order chi connectivity index (χ0) is 16.2. The molecule has 5 nitrogen and oxygen atoms in total. The number of sulfonamides is 1. The molecule has 0 fully saturated rings. The van der Waals surface area contributed by atoms with E-state index >= 15 is 0 Å². The molecular formula is C14H21NO4S2. The highest BCUT2D eigenvalue weighted by Crippen LogP contribution is 2.24. The molecule has 118 valence electrons. The van der Waals surface area contributed by atoms with E-state index in [0.717, 1.165) is 12.2 Å². The van der Waals surface area contributed by atoms with Gasteiger partial charge in [0.2, 0.25) is 10.0 Å². The zero-order valence-electron chi connectivity index (χ0n) is 12.7. The molecule has 0 radical (unpaired) electrons. The van der Waals surface area contributed by atoms with Gasteiger partial charge >= 0.3 is 5.97 Å². The summed E-state index contributed by atoms with van der Waals surface area (Å²) in [7, 11) is -2.16. The number of hydrogen-bond donors (Lipinski definition) is 1. The van der Waals surface area contributed by atoms with E-state index in [2.05, 4.69) is 0 Å². The predicted octanol–water partition coefficient (Wildman–Crippen LogP) is 2.46. The summed E-state index contributed by atoms with van der Waals surface area (Å²) in [6.07, 6.45) is 2.72. The van der Waals surface area contributed by atoms with Crippen LogP contribution in [0.1, 0.15) is 29.3 Å². The van der Waals surface area contributed by atoms with Crippen LogP contribution in [0.3, 0.4) is 0 Å². The Hall–Kier alpha value is -1.05. The Labute approximate surface area is 130 Å². The Morgan fingerprint density at radius 3 is 2.57 bits per heavy atom. The molecule has 1 N–H and O–H groups in total. The van der Waals surface area contributed by atoms with Gasteiger partial charge in [-0.15, -0.1) is 0 Å². The maximum absolute atomic E-state index is 12.7. The minimum Gasteiger partial charge on any atom is -0.478 e. The van der Waals surface area contributed by atoms with Crippen LogP contribution in [0.5, 0.6) is 0 Å². The summed E-state index contributed by atoms with van der Waals surface area (Å²) in [6, 6.07) is 4.18. The van der Waals surface area contributed by atoms with Crippen LogP contribution in [0.25, 0.3) is 0 Å². The van der Waals surface area contributed by atoms with E-state index in [9.17, 15) is 13.2 Å². The number of benzene rings is 1. The van der Waals surface area contributed by atoms with E-state index in [1.807, 2.05) is 13.2 Å². The van der Waals surface area contributed by atoms with Crippen molar-refractivity contribution < 1.29 is 18.3 Å². The van der Waals surface area contributed by atoms with Crippen LogP contribution in [-0.2, 0) is 10.0 Å². The normalized spacial score (nSPS) is 13.4. The van der Waals surface area contributed by atoms with Gasteiger partial charge in [0.05, 0.1) is 10.5 Å². The number of carbonyl (C=O) groups is 1. The lowest BCUT2D eigenvalue weighted by molar-refractivity contribution is 0.0696. The standard InChI is InChI=1S/C14H21NO4S2/c1-10(8-9-20-4)15(3)21(18,19)13-7-5-6-12(11(13)2)14(16)17/h5-7,10H,8-9H2,1-4H3,(H,16,17). The molecule has 0 heterocycles. The van der Waals surface area contributed by atoms with Gasteiger partial charge in [-0.1, -0.05) is 6.07 Å². The van der Waals surface area contributed by atoms with Crippen molar-refractivity contribution in [2.24, 2.45) is 0 Å². The first-order valence-corrected chi connectivity index (χ1v) is 9.36. The van der Waals surface area contributed by atoms with Crippen LogP contribution in [0.2, 0.25) is 0 Å². The molecule has 1 rings (SSSR count). The van der Waals surface area contributed by atoms with Gasteiger partial charge < -0.3 is 5.11 Å². The molecule has 7 heteroatoms. The van der Waals surface area contributed by atoms with Crippen molar-refractivity contribution in [2.45, 2.75) is 31.2 Å². The van der Waals surface area contributed by atoms with Crippen LogP contribution in [0, 0.1) is 6.92 Å². The highest BCUT2D eigenvalue weighted by Gasteiger charge is 2.28. The first kappa shape index (κ1) is 18.0. The van der Waals surface area contributed by atoms with Crippen LogP contribution < -0.4 is 0 Å². The molecular weight excluding hydrogens is 310 g/mol. The van der Waals surface area contributed by atoms with Crippen LogP contribution >= 0.6 is 11.8 Å². The van der Waals surface area contributed by atoms with Crippen LogP contribution in [0.15, 0.2) is 23.1 Å². The smallest absolute Gasteiger partial charge is 0.335 e. The number of nitrogens with zero attached hydrogens (tertiary/aromatic N) is 1. The summed E-state index contributed by atoms with van der Waals surface area (Å²) in [6.45, 7) is 3.38. The predicted molar refractivity (Wildman–Crippen MR) is 85.5 cm³/mol. The maximum Gasteiger partial charge on any atom is 0.335 e. The summed E-state index contributed by atoms with van der Waals surface area (Å²) in [4.78, 5) is 11.2. The molecule has 0 aliphatic heterocycles. The summed E-state index contributed by atoms with van der Waals surface area (Å²) in [5.41, 5.74) is 0.287. The number of rotatable bonds is 7. The molecule has 1 aromatic carbocycles. The molecule has 0 amide bonds. The lowest BCUT2D eigenvalue weighted by atomic mass is 10.1. The van der Waals surface area contributed by atoms with Gasteiger partial charge in [-0.2, -0.15) is 16.1 Å². The first-order valence-electron chi connectivity index (χ1n) is 6.53. The van der Waals surface area contributed by atoms with Crippen LogP contribution in [0.4, 0.5) is 0 Å². The molecule has 0 saturated heterocycles. The highest BCUT2D eigenvalue weighted by molar-refractivity contribution is 7.98. The van der Waals surface area contributed by atoms with E-state index in [1.165, 1.54) is 36.5 Å². The molecule has 0 aliphatic rings. The van der Waals surface area contributed by atoms with Crippen LogP contribution in [-0.4, -0.2) is 48.9 Å². The minimum absolute atomic E-state index is 0.0150. The van der Waals surface area contributed by atoms with Crippen molar-refractivity contribution in [3.05, 3.63) is 29.3 Å². The van der Waals surface area contributed by atoms with Crippen molar-refractivity contribution in [1.82, 2.24) is 4.31 Å². The van der Waals surface area contributed by atoms with Crippen molar-refractivity contribution in [1.29, 1.82) is 0 Å². The maximum atomic E-state index is 12.7. The fraction of sp³-hybridized carbons (Fsp3) is 0.500. The van der Waals surface area contributed by atoms with Gasteiger partial charge in [0.1, 0.15) is 0 Å². The van der Waals surface area contributed by atoms with E-state index in [0.29, 0.717) is 0 Å². The van der Waals surface area contributed by atoms with E-state index < -0.39 is 16.0 Å². The van der Waals surface area contributed by atoms with Gasteiger partial charge in [-0.05, 0) is 50.0 Å². The van der Waals surface area contributed by atoms with Gasteiger partial charge in [-0.3, -0.25) is 0 Å². The Balaban J connectivity index is 3.19. The average molecular weight is 331 g/mol. The number of carboxylic acids is 1. The summed E-state index contributed by atoms with van der Waals surface area (Å²) in [5, 5.41) is 9.11. The van der Waals surface area contributed by atoms with Gasteiger partial charge in [0.15, 0.2) is 0 Å². The summed E-state index contributed by atoms with van der Waals surface area (Å²) < 4.78 is 26.6. The molecule has 21 heavy (non-hydrogen) atoms. The third kappa shape index (κ3) is 3.99. The summed E-state index contributed by atoms with van der Waals surface area (Å²) >= 11 is 1.66. The van der Waals surface area contributed by atoms with Crippen molar-refractivity contribution in [2.75, 3.05) is 19.1 Å². The zero-order valence-corrected chi connectivity index (χ0v) is 14.3. The quantitative estimate of drug-likeness (QED) is 0.831. The third-order valence-corrected chi connectivity index (χ3v) is 6.29. The Morgan fingerprint density at radius 2 is 2.05 bits per heavy atom. The molecule has 0 aromatic heterocycles. The molecule has 1 unspecified atom stereocenters. The fourth-order valence-electron chi connectivity index (χ4n) is 1.99. The molecule has 0 aliphatic carbocycles. The van der Waals surface area contributed by atoms with E-state index in [-0.39, 0.29) is 22.1 Å². The van der Waals surface area contributed by atoms with Gasteiger partial charge in [0, 0.05) is 13.1 Å². The third-order valence-electron chi connectivity index (χ3n) is 3.53. The lowest BCUT2D eigenvalue weighted by Gasteiger charge is -2.25. The van der Waals surface area contributed by atoms with Crippen molar-refractivity contribution in [3.8, 4) is 0 Å². The Morgan fingerprint density at radius 1 is 1.43 bits per heavy atom. The first-order chi connectivity index (χ1) is 9.73. The van der Waals surface area contributed by atoms with Gasteiger partial charge in [0.25, 0.3) is 0 Å². The Bertz CT molecular complexity index is 613. The molecule has 0 saturated carbocycles. The van der Waals surface area contributed by atoms with E-state index in [4.69, 9.17) is 5.11 Å². The second-order valence-corrected chi connectivity index (χ2v) is 7.84. The SMILES string of the molecule is CSCCC(C)N(C)S(=O)(=O)c1cccc(C(=O)O)c1C. The fourth-order valence-corrected chi connectivity index (χ4v) is 4.20. The largest absolute Gasteiger partial charge is 0.478 e. The second-order valence-electron chi connectivity index (χ2n) is 4.89. The number of carboxylic acid groups (broad SMARTS) is 1. The summed E-state index contributed by atoms with van der Waals surface area (Å²) in [5.74, 6) is -0.252. The van der Waals surface area contributed by atoms with Crippen molar-refractivity contribution >= 4 is 27.8 Å². The minimum atomic E-state index is -3.69. The highest BCUT2D eigenvalue weighted by atomic mass is 32.2. The molecule has 0 bridgehead atoms. The monoisotopic (exact) mass is 331 g/mol. The molecule has 1 atom stereocenters. The second kappa shape index (κ2) is 7.29. The number of thioether (sulfide) groups is 1. The lowest BCUT2D eigenvalue weighted by Crippen LogP contribution is -2.36. The topological polar surface area (TPSA) is 74.7 Å². The van der Waals surface area contributed by atoms with E-state index in [1.54, 1.807) is 11.8 Å². The Kier molecular flexibility index (Phi) is 6.24. The van der Waals surface area contributed by atoms with Crippen molar-refractivity contribution in [3.63, 3.8) is 0 Å². The number of aromatic carboxylic acids is 1.